The molecule has 0 saturated carbocycles. The lowest BCUT2D eigenvalue weighted by Gasteiger charge is -2.01. The fraction of sp³-hybridized carbons (Fsp3) is 0.0526. The van der Waals surface area contributed by atoms with E-state index in [2.05, 4.69) is 15.2 Å². The summed E-state index contributed by atoms with van der Waals surface area (Å²) in [5, 5.41) is 17.6. The third-order valence-electron chi connectivity index (χ3n) is 3.94. The number of aromatic nitrogens is 2. The minimum absolute atomic E-state index is 0.200. The molecule has 7 nitrogen and oxygen atoms in total. The first kappa shape index (κ1) is 15.8. The summed E-state index contributed by atoms with van der Waals surface area (Å²) < 4.78 is 7.38. The lowest BCUT2D eigenvalue weighted by Crippen LogP contribution is -1.94. The van der Waals surface area contributed by atoms with Crippen LogP contribution in [0.25, 0.3) is 17.1 Å². The van der Waals surface area contributed by atoms with Gasteiger partial charge in [0, 0.05) is 5.69 Å². The Balaban J connectivity index is 1.82. The number of carbonyl (C=O) groups is 1. The molecule has 0 spiro atoms. The molecule has 0 atom stereocenters. The average molecular weight is 346 g/mol. The molecule has 0 unspecified atom stereocenters. The van der Waals surface area contributed by atoms with Crippen molar-refractivity contribution in [1.82, 2.24) is 9.38 Å². The number of hydrogen-bond donors (Lipinski definition) is 1. The number of imidazole rings is 1. The zero-order valence-corrected chi connectivity index (χ0v) is 13.8. The number of pyridine rings is 1. The third-order valence-corrected chi connectivity index (χ3v) is 3.94. The van der Waals surface area contributed by atoms with Crippen molar-refractivity contribution in [3.63, 3.8) is 0 Å². The van der Waals surface area contributed by atoms with Crippen LogP contribution < -0.4 is 0 Å². The molecule has 0 fully saturated rings. The molecule has 1 N–H and O–H groups in total. The van der Waals surface area contributed by atoms with Gasteiger partial charge in [-0.05, 0) is 55.5 Å². The topological polar surface area (TPSA) is 92.5 Å². The van der Waals surface area contributed by atoms with E-state index in [1.54, 1.807) is 24.5 Å². The maximum atomic E-state index is 10.9. The third kappa shape index (κ3) is 2.75. The van der Waals surface area contributed by atoms with Gasteiger partial charge in [0.2, 0.25) is 0 Å². The average Bonchev–Trinajstić information content (AvgIpc) is 3.28. The predicted molar refractivity (Wildman–Crippen MR) is 95.2 cm³/mol. The zero-order valence-electron chi connectivity index (χ0n) is 13.8. The Labute approximate surface area is 148 Å². The highest BCUT2D eigenvalue weighted by atomic mass is 16.4. The normalized spacial score (nSPS) is 11.4. The van der Waals surface area contributed by atoms with Gasteiger partial charge < -0.3 is 9.52 Å². The number of hydrogen-bond acceptors (Lipinski definition) is 5. The highest BCUT2D eigenvalue weighted by Gasteiger charge is 2.17. The fourth-order valence-electron chi connectivity index (χ4n) is 2.68. The Morgan fingerprint density at radius 3 is 2.58 bits per heavy atom. The first-order chi connectivity index (χ1) is 12.6. The summed E-state index contributed by atoms with van der Waals surface area (Å²) >= 11 is 0. The monoisotopic (exact) mass is 346 g/mol. The first-order valence-corrected chi connectivity index (χ1v) is 7.90. The summed E-state index contributed by atoms with van der Waals surface area (Å²) in [7, 11) is 0. The number of fused-ring (bicyclic) bond motifs is 1. The quantitative estimate of drug-likeness (QED) is 0.525. The second-order valence-corrected chi connectivity index (χ2v) is 5.67. The number of azo groups is 1. The first-order valence-electron chi connectivity index (χ1n) is 7.90. The SMILES string of the molecule is Cc1cccc2nc(-c3ccco3)c(N=Nc3ccc(C(=O)O)cc3)n12. The molecule has 3 heterocycles. The molecular formula is C19H14N4O3. The molecule has 0 saturated heterocycles. The van der Waals surface area contributed by atoms with E-state index in [0.717, 1.165) is 11.3 Å². The molecule has 1 aromatic carbocycles. The van der Waals surface area contributed by atoms with Gasteiger partial charge in [-0.1, -0.05) is 6.07 Å². The van der Waals surface area contributed by atoms with Gasteiger partial charge in [0.15, 0.2) is 17.3 Å². The number of benzene rings is 1. The van der Waals surface area contributed by atoms with E-state index in [4.69, 9.17) is 9.52 Å². The van der Waals surface area contributed by atoms with Crippen molar-refractivity contribution in [3.05, 3.63) is 72.1 Å². The highest BCUT2D eigenvalue weighted by Crippen LogP contribution is 2.33. The molecule has 7 heteroatoms. The smallest absolute Gasteiger partial charge is 0.335 e. The second kappa shape index (κ2) is 6.29. The van der Waals surface area contributed by atoms with Crippen LogP contribution in [0.2, 0.25) is 0 Å². The van der Waals surface area contributed by atoms with Crippen molar-refractivity contribution in [2.75, 3.05) is 0 Å². The van der Waals surface area contributed by atoms with Crippen molar-refractivity contribution >= 4 is 23.1 Å². The summed E-state index contributed by atoms with van der Waals surface area (Å²) in [6.07, 6.45) is 1.58. The summed E-state index contributed by atoms with van der Waals surface area (Å²) in [6.45, 7) is 1.96. The molecule has 0 aliphatic heterocycles. The number of furan rings is 1. The molecule has 0 amide bonds. The molecule has 0 aliphatic rings. The Hall–Kier alpha value is -3.74. The Bertz CT molecular complexity index is 1110. The van der Waals surface area contributed by atoms with Crippen LogP contribution in [-0.4, -0.2) is 20.5 Å². The van der Waals surface area contributed by atoms with E-state index in [1.165, 1.54) is 12.1 Å². The van der Waals surface area contributed by atoms with E-state index < -0.39 is 5.97 Å². The van der Waals surface area contributed by atoms with E-state index >= 15 is 0 Å². The van der Waals surface area contributed by atoms with Gasteiger partial charge in [-0.3, -0.25) is 4.40 Å². The van der Waals surface area contributed by atoms with E-state index in [-0.39, 0.29) is 5.56 Å². The predicted octanol–water partition coefficient (Wildman–Crippen LogP) is 5.02. The van der Waals surface area contributed by atoms with Gasteiger partial charge in [-0.15, -0.1) is 10.2 Å². The van der Waals surface area contributed by atoms with Crippen LogP contribution in [0.1, 0.15) is 16.1 Å². The molecule has 0 bridgehead atoms. The molecule has 0 radical (unpaired) electrons. The summed E-state index contributed by atoms with van der Waals surface area (Å²) in [5.74, 6) is 0.171. The van der Waals surface area contributed by atoms with Gasteiger partial charge in [-0.2, -0.15) is 0 Å². The van der Waals surface area contributed by atoms with Crippen molar-refractivity contribution in [2.45, 2.75) is 6.92 Å². The van der Waals surface area contributed by atoms with Crippen molar-refractivity contribution in [3.8, 4) is 11.5 Å². The minimum atomic E-state index is -0.981. The Morgan fingerprint density at radius 1 is 1.08 bits per heavy atom. The Morgan fingerprint density at radius 2 is 1.88 bits per heavy atom. The van der Waals surface area contributed by atoms with Crippen LogP contribution in [0.5, 0.6) is 0 Å². The molecule has 4 aromatic rings. The maximum absolute atomic E-state index is 10.9. The molecular weight excluding hydrogens is 332 g/mol. The summed E-state index contributed by atoms with van der Waals surface area (Å²) in [4.78, 5) is 15.5. The van der Waals surface area contributed by atoms with Gasteiger partial charge in [0.05, 0.1) is 17.5 Å². The van der Waals surface area contributed by atoms with Crippen LogP contribution in [0.3, 0.4) is 0 Å². The van der Waals surface area contributed by atoms with Crippen molar-refractivity contribution < 1.29 is 14.3 Å². The van der Waals surface area contributed by atoms with Gasteiger partial charge in [-0.25, -0.2) is 9.78 Å². The van der Waals surface area contributed by atoms with E-state index in [9.17, 15) is 4.79 Å². The summed E-state index contributed by atoms with van der Waals surface area (Å²) in [5.41, 5.74) is 3.04. The van der Waals surface area contributed by atoms with Crippen LogP contribution in [0, 0.1) is 6.92 Å². The minimum Gasteiger partial charge on any atom is -0.478 e. The summed E-state index contributed by atoms with van der Waals surface area (Å²) in [6, 6.07) is 15.6. The fourth-order valence-corrected chi connectivity index (χ4v) is 2.68. The van der Waals surface area contributed by atoms with Gasteiger partial charge in [0.1, 0.15) is 5.65 Å². The largest absolute Gasteiger partial charge is 0.478 e. The number of aromatic carboxylic acids is 1. The van der Waals surface area contributed by atoms with Crippen molar-refractivity contribution in [2.24, 2.45) is 10.2 Å². The number of rotatable bonds is 4. The van der Waals surface area contributed by atoms with Crippen LogP contribution in [0.15, 0.2) is 75.5 Å². The van der Waals surface area contributed by atoms with Crippen LogP contribution >= 0.6 is 0 Å². The molecule has 128 valence electrons. The van der Waals surface area contributed by atoms with Crippen LogP contribution in [-0.2, 0) is 0 Å². The lowest BCUT2D eigenvalue weighted by molar-refractivity contribution is 0.0697. The van der Waals surface area contributed by atoms with E-state index in [0.29, 0.717) is 23.0 Å². The number of carboxylic acids is 1. The second-order valence-electron chi connectivity index (χ2n) is 5.67. The van der Waals surface area contributed by atoms with Crippen LogP contribution in [0.4, 0.5) is 11.5 Å². The number of nitrogens with zero attached hydrogens (tertiary/aromatic N) is 4. The molecule has 0 aliphatic carbocycles. The Kier molecular flexibility index (Phi) is 3.81. The zero-order chi connectivity index (χ0) is 18.1. The number of aryl methyl sites for hydroxylation is 1. The molecule has 3 aromatic heterocycles. The number of carboxylic acid groups (broad SMARTS) is 1. The standard InChI is InChI=1S/C19H14N4O3/c1-12-4-2-6-16-20-17(15-5-3-11-26-15)18(23(12)16)22-21-14-9-7-13(8-10-14)19(24)25/h2-11H,1H3,(H,24,25). The molecule has 4 rings (SSSR count). The van der Waals surface area contributed by atoms with E-state index in [1.807, 2.05) is 35.6 Å². The lowest BCUT2D eigenvalue weighted by atomic mass is 10.2. The maximum Gasteiger partial charge on any atom is 0.335 e. The molecule has 26 heavy (non-hydrogen) atoms. The van der Waals surface area contributed by atoms with Gasteiger partial charge >= 0.3 is 5.97 Å². The highest BCUT2D eigenvalue weighted by molar-refractivity contribution is 5.87. The van der Waals surface area contributed by atoms with Crippen molar-refractivity contribution in [1.29, 1.82) is 0 Å². The van der Waals surface area contributed by atoms with Gasteiger partial charge in [0.25, 0.3) is 0 Å².